The van der Waals surface area contributed by atoms with Gasteiger partial charge in [0.2, 0.25) is 0 Å². The Hall–Kier alpha value is -3.92. The number of carbonyl (C=O) groups is 2. The van der Waals surface area contributed by atoms with Gasteiger partial charge >= 0.3 is 0 Å². The largest absolute Gasteiger partial charge is 0.490 e. The zero-order valence-electron chi connectivity index (χ0n) is 20.6. The summed E-state index contributed by atoms with van der Waals surface area (Å²) < 4.78 is 5.98. The van der Waals surface area contributed by atoms with Crippen LogP contribution in [0.3, 0.4) is 0 Å². The molecule has 0 bridgehead atoms. The number of aromatic amines is 2. The molecule has 2 saturated heterocycles. The van der Waals surface area contributed by atoms with Crippen molar-refractivity contribution in [2.75, 3.05) is 26.2 Å². The van der Waals surface area contributed by atoms with Gasteiger partial charge in [0.1, 0.15) is 16.8 Å². The summed E-state index contributed by atoms with van der Waals surface area (Å²) in [6, 6.07) is 10.9. The number of likely N-dealkylation sites (tertiary alicyclic amines) is 2. The molecule has 1 saturated carbocycles. The van der Waals surface area contributed by atoms with Crippen molar-refractivity contribution in [2.24, 2.45) is 17.8 Å². The molecule has 0 radical (unpaired) electrons. The first-order valence-electron chi connectivity index (χ1n) is 12.7. The average molecular weight is 501 g/mol. The fourth-order valence-corrected chi connectivity index (χ4v) is 6.70. The van der Waals surface area contributed by atoms with E-state index in [1.807, 2.05) is 37.1 Å². The number of benzene rings is 2. The number of aromatic nitrogens is 4. The van der Waals surface area contributed by atoms with Gasteiger partial charge in [-0.15, -0.1) is 0 Å². The minimum Gasteiger partial charge on any atom is -0.490 e. The Morgan fingerprint density at radius 3 is 2.57 bits per heavy atom. The monoisotopic (exact) mass is 500 g/mol. The number of aliphatic hydroxyl groups is 1. The molecule has 2 aromatic carbocycles. The molecule has 3 aliphatic rings. The highest BCUT2D eigenvalue weighted by Crippen LogP contribution is 2.57. The van der Waals surface area contributed by atoms with E-state index in [9.17, 15) is 14.7 Å². The summed E-state index contributed by atoms with van der Waals surface area (Å²) in [5.41, 5.74) is 2.34. The van der Waals surface area contributed by atoms with E-state index in [2.05, 4.69) is 20.4 Å². The number of amides is 2. The summed E-state index contributed by atoms with van der Waals surface area (Å²) in [5, 5.41) is 23.2. The number of fused-ring (bicyclic) bond motifs is 6. The van der Waals surface area contributed by atoms with Crippen LogP contribution in [0.1, 0.15) is 34.6 Å². The lowest BCUT2D eigenvalue weighted by Gasteiger charge is -2.50. The van der Waals surface area contributed by atoms with Crippen molar-refractivity contribution >= 4 is 33.8 Å². The first-order valence-corrected chi connectivity index (χ1v) is 12.7. The molecule has 0 spiro atoms. The highest BCUT2D eigenvalue weighted by atomic mass is 16.5. The lowest BCUT2D eigenvalue weighted by molar-refractivity contribution is -0.145. The number of nitrogens with zero attached hydrogens (tertiary/aromatic N) is 4. The van der Waals surface area contributed by atoms with Crippen LogP contribution in [0.2, 0.25) is 0 Å². The molecule has 4 aromatic rings. The van der Waals surface area contributed by atoms with E-state index in [4.69, 9.17) is 4.74 Å². The second kappa shape index (κ2) is 7.79. The lowest BCUT2D eigenvalue weighted by Crippen LogP contribution is -2.61. The summed E-state index contributed by atoms with van der Waals surface area (Å²) in [6.07, 6.45) is 1.82. The number of β-amino-alcohol motifs (C(OH)–C–C–N with tert-alkyl or cyclic N) is 1. The van der Waals surface area contributed by atoms with Crippen LogP contribution in [0.4, 0.5) is 0 Å². The van der Waals surface area contributed by atoms with E-state index in [0.29, 0.717) is 47.5 Å². The first kappa shape index (κ1) is 22.3. The Balaban J connectivity index is 1.08. The van der Waals surface area contributed by atoms with E-state index < -0.39 is 5.60 Å². The number of rotatable bonds is 4. The molecule has 7 rings (SSSR count). The number of H-pyrrole nitrogens is 2. The van der Waals surface area contributed by atoms with Crippen LogP contribution in [0.5, 0.6) is 5.75 Å². The maximum Gasteiger partial charge on any atom is 0.254 e. The summed E-state index contributed by atoms with van der Waals surface area (Å²) >= 11 is 0. The van der Waals surface area contributed by atoms with Gasteiger partial charge in [-0.3, -0.25) is 9.59 Å². The van der Waals surface area contributed by atoms with Crippen molar-refractivity contribution in [2.45, 2.75) is 25.6 Å². The Morgan fingerprint density at radius 2 is 1.76 bits per heavy atom. The van der Waals surface area contributed by atoms with Gasteiger partial charge in [0.25, 0.3) is 11.8 Å². The summed E-state index contributed by atoms with van der Waals surface area (Å²) in [6.45, 7) is 5.73. The van der Waals surface area contributed by atoms with E-state index in [1.165, 1.54) is 0 Å². The predicted molar refractivity (Wildman–Crippen MR) is 135 cm³/mol. The smallest absolute Gasteiger partial charge is 0.254 e. The third-order valence-electron chi connectivity index (χ3n) is 8.41. The Labute approximate surface area is 212 Å². The molecular formula is C27H28N6O4. The zero-order valence-corrected chi connectivity index (χ0v) is 20.6. The maximum absolute atomic E-state index is 13.5. The Kier molecular flexibility index (Phi) is 4.69. The van der Waals surface area contributed by atoms with Crippen molar-refractivity contribution in [1.29, 1.82) is 0 Å². The third-order valence-corrected chi connectivity index (χ3v) is 8.41. The second-order valence-electron chi connectivity index (χ2n) is 10.9. The summed E-state index contributed by atoms with van der Waals surface area (Å²) in [7, 11) is 0. The average Bonchev–Trinajstić information content (AvgIpc) is 3.66. The number of hydrogen-bond acceptors (Lipinski definition) is 6. The van der Waals surface area contributed by atoms with Gasteiger partial charge in [-0.1, -0.05) is 0 Å². The van der Waals surface area contributed by atoms with Crippen LogP contribution in [-0.2, 0) is 0 Å². The number of carbonyl (C=O) groups excluding carboxylic acids is 2. The second-order valence-corrected chi connectivity index (χ2v) is 10.9. The van der Waals surface area contributed by atoms with Gasteiger partial charge in [0, 0.05) is 59.7 Å². The van der Waals surface area contributed by atoms with Crippen molar-refractivity contribution in [3.63, 3.8) is 0 Å². The molecule has 2 amide bonds. The molecule has 1 aliphatic carbocycles. The van der Waals surface area contributed by atoms with Gasteiger partial charge in [-0.2, -0.15) is 15.4 Å². The topological polar surface area (TPSA) is 127 Å². The number of hydrogen-bond donors (Lipinski definition) is 3. The van der Waals surface area contributed by atoms with E-state index in [0.717, 1.165) is 10.9 Å². The van der Waals surface area contributed by atoms with Crippen LogP contribution in [0.25, 0.3) is 21.9 Å². The molecular weight excluding hydrogens is 472 g/mol. The molecule has 37 heavy (non-hydrogen) atoms. The number of nitrogens with one attached hydrogen (secondary N) is 2. The van der Waals surface area contributed by atoms with Crippen molar-refractivity contribution < 1.29 is 19.4 Å². The van der Waals surface area contributed by atoms with E-state index >= 15 is 0 Å². The van der Waals surface area contributed by atoms with E-state index in [-0.39, 0.29) is 42.2 Å². The number of ether oxygens (including phenoxy) is 1. The van der Waals surface area contributed by atoms with Crippen LogP contribution in [-0.4, -0.2) is 85.0 Å². The predicted octanol–water partition coefficient (Wildman–Crippen LogP) is 2.43. The summed E-state index contributed by atoms with van der Waals surface area (Å²) in [5.74, 6) is 0.588. The zero-order chi connectivity index (χ0) is 25.5. The quantitative estimate of drug-likeness (QED) is 0.395. The third kappa shape index (κ3) is 3.28. The molecule has 2 aromatic heterocycles. The molecule has 3 fully saturated rings. The van der Waals surface area contributed by atoms with Gasteiger partial charge < -0.3 is 24.6 Å². The Morgan fingerprint density at radius 1 is 1.00 bits per heavy atom. The minimum atomic E-state index is -0.973. The lowest BCUT2D eigenvalue weighted by atomic mass is 9.56. The molecule has 10 heteroatoms. The molecule has 4 heterocycles. The fourth-order valence-electron chi connectivity index (χ4n) is 6.70. The minimum absolute atomic E-state index is 0.0188. The summed E-state index contributed by atoms with van der Waals surface area (Å²) in [4.78, 5) is 33.5. The van der Waals surface area contributed by atoms with Gasteiger partial charge in [-0.05, 0) is 56.2 Å². The Bertz CT molecular complexity index is 1560. The maximum atomic E-state index is 13.5. The van der Waals surface area contributed by atoms with Crippen LogP contribution < -0.4 is 4.74 Å². The van der Waals surface area contributed by atoms with Crippen LogP contribution in [0, 0.1) is 17.8 Å². The van der Waals surface area contributed by atoms with Gasteiger partial charge in [0.05, 0.1) is 18.2 Å². The SMILES string of the molecule is CC(C)Oc1cc(C(=O)N2CC3[C@H]4CN(C(=O)c5ccc6n[nH]nc6c5)C[C@H]4C3(O)C2)cc2[nH]ccc12. The van der Waals surface area contributed by atoms with Crippen molar-refractivity contribution in [3.05, 3.63) is 53.7 Å². The normalized spacial score (nSPS) is 26.5. The highest BCUT2D eigenvalue weighted by molar-refractivity contribution is 6.00. The van der Waals surface area contributed by atoms with Gasteiger partial charge in [0.15, 0.2) is 0 Å². The molecule has 2 aliphatic heterocycles. The molecule has 3 N–H and O–H groups in total. The molecule has 2 unspecified atom stereocenters. The highest BCUT2D eigenvalue weighted by Gasteiger charge is 2.68. The fraction of sp³-hybridized carbons (Fsp3) is 0.407. The van der Waals surface area contributed by atoms with Crippen LogP contribution in [0.15, 0.2) is 42.6 Å². The van der Waals surface area contributed by atoms with Crippen molar-refractivity contribution in [3.8, 4) is 5.75 Å². The van der Waals surface area contributed by atoms with E-state index in [1.54, 1.807) is 29.2 Å². The van der Waals surface area contributed by atoms with Crippen LogP contribution >= 0.6 is 0 Å². The van der Waals surface area contributed by atoms with Gasteiger partial charge in [-0.25, -0.2) is 0 Å². The first-order chi connectivity index (χ1) is 17.8. The van der Waals surface area contributed by atoms with Crippen molar-refractivity contribution in [1.82, 2.24) is 30.2 Å². The molecule has 190 valence electrons. The standard InChI is InChI=1S/C27H28N6O4/c1-14(2)37-24-9-16(8-22-17(24)5-6-28-22)26(35)33-12-20-18-10-32(11-19(18)27(20,36)13-33)25(34)15-3-4-21-23(7-15)30-31-29-21/h3-9,14,18-20,28,36H,10-13H2,1-2H3,(H,29,30,31)/t18-,19+,20?,27?/m0/s1. The molecule has 4 atom stereocenters. The molecule has 10 nitrogen and oxygen atoms in total.